The highest BCUT2D eigenvalue weighted by molar-refractivity contribution is 5.42. The van der Waals surface area contributed by atoms with Crippen LogP contribution in [0.5, 0.6) is 11.8 Å². The lowest BCUT2D eigenvalue weighted by Gasteiger charge is -2.22. The zero-order chi connectivity index (χ0) is 15.6. The summed E-state index contributed by atoms with van der Waals surface area (Å²) in [4.78, 5) is 8.67. The van der Waals surface area contributed by atoms with Gasteiger partial charge in [-0.05, 0) is 31.4 Å². The molecule has 4 heteroatoms. The summed E-state index contributed by atoms with van der Waals surface area (Å²) in [6, 6.07) is 8.38. The molecule has 0 aliphatic heterocycles. The van der Waals surface area contributed by atoms with Gasteiger partial charge >= 0.3 is 6.01 Å². The molecule has 2 rings (SSSR count). The van der Waals surface area contributed by atoms with Crippen LogP contribution in [-0.2, 0) is 12.0 Å². The largest absolute Gasteiger partial charge is 0.424 e. The maximum atomic E-state index is 5.94. The molecule has 1 aromatic carbocycles. The first kappa shape index (κ1) is 15.4. The van der Waals surface area contributed by atoms with Crippen LogP contribution in [-0.4, -0.2) is 9.97 Å². The molecule has 0 saturated heterocycles. The molecule has 0 radical (unpaired) electrons. The molecule has 1 aromatic heterocycles. The zero-order valence-corrected chi connectivity index (χ0v) is 13.4. The van der Waals surface area contributed by atoms with Gasteiger partial charge in [0.1, 0.15) is 5.75 Å². The molecule has 0 bridgehead atoms. The summed E-state index contributed by atoms with van der Waals surface area (Å²) in [5.41, 5.74) is 9.62. The van der Waals surface area contributed by atoms with Crippen molar-refractivity contribution >= 4 is 0 Å². The fraction of sp³-hybridized carbons (Fsp3) is 0.412. The Morgan fingerprint density at radius 2 is 1.81 bits per heavy atom. The third-order valence-electron chi connectivity index (χ3n) is 3.24. The van der Waals surface area contributed by atoms with Crippen LogP contribution in [0.25, 0.3) is 0 Å². The third-order valence-corrected chi connectivity index (χ3v) is 3.24. The fourth-order valence-electron chi connectivity index (χ4n) is 2.17. The van der Waals surface area contributed by atoms with Gasteiger partial charge in [-0.2, -0.15) is 4.98 Å². The molecular formula is C17H23N3O. The normalized spacial score (nSPS) is 11.5. The Balaban J connectivity index is 2.42. The molecule has 0 fully saturated rings. The van der Waals surface area contributed by atoms with E-state index in [9.17, 15) is 0 Å². The Morgan fingerprint density at radius 3 is 2.43 bits per heavy atom. The lowest BCUT2D eigenvalue weighted by atomic mass is 9.85. The van der Waals surface area contributed by atoms with Crippen LogP contribution in [0.3, 0.4) is 0 Å². The van der Waals surface area contributed by atoms with E-state index in [4.69, 9.17) is 10.5 Å². The maximum Gasteiger partial charge on any atom is 0.322 e. The van der Waals surface area contributed by atoms with Crippen molar-refractivity contribution in [3.63, 3.8) is 0 Å². The Hall–Kier alpha value is -1.94. The van der Waals surface area contributed by atoms with Gasteiger partial charge in [-0.25, -0.2) is 4.98 Å². The van der Waals surface area contributed by atoms with Gasteiger partial charge in [0, 0.05) is 17.8 Å². The van der Waals surface area contributed by atoms with Gasteiger partial charge in [-0.3, -0.25) is 0 Å². The number of aromatic nitrogens is 2. The van der Waals surface area contributed by atoms with Gasteiger partial charge in [-0.1, -0.05) is 38.5 Å². The van der Waals surface area contributed by atoms with Crippen LogP contribution < -0.4 is 10.5 Å². The van der Waals surface area contributed by atoms with Crippen molar-refractivity contribution in [2.75, 3.05) is 0 Å². The monoisotopic (exact) mass is 285 g/mol. The number of nitrogens with zero attached hydrogens (tertiary/aromatic N) is 2. The highest BCUT2D eigenvalue weighted by Gasteiger charge is 2.20. The Labute approximate surface area is 126 Å². The standard InChI is InChI=1S/C17H23N3O/c1-11-6-7-15(14(8-11)17(3,4)5)21-16-19-12(2)9-13(10-18)20-16/h6-9H,10,18H2,1-5H3. The number of benzene rings is 1. The van der Waals surface area contributed by atoms with E-state index in [2.05, 4.69) is 43.7 Å². The van der Waals surface area contributed by atoms with Gasteiger partial charge in [0.2, 0.25) is 0 Å². The molecule has 0 aliphatic rings. The fourth-order valence-corrected chi connectivity index (χ4v) is 2.17. The summed E-state index contributed by atoms with van der Waals surface area (Å²) in [5, 5.41) is 0. The summed E-state index contributed by atoms with van der Waals surface area (Å²) >= 11 is 0. The van der Waals surface area contributed by atoms with Gasteiger partial charge in [0.15, 0.2) is 0 Å². The molecule has 1 heterocycles. The van der Waals surface area contributed by atoms with Crippen molar-refractivity contribution < 1.29 is 4.74 Å². The van der Waals surface area contributed by atoms with Crippen LogP contribution in [0.2, 0.25) is 0 Å². The molecule has 21 heavy (non-hydrogen) atoms. The lowest BCUT2D eigenvalue weighted by molar-refractivity contribution is 0.419. The summed E-state index contributed by atoms with van der Waals surface area (Å²) in [7, 11) is 0. The van der Waals surface area contributed by atoms with Crippen molar-refractivity contribution in [3.8, 4) is 11.8 Å². The van der Waals surface area contributed by atoms with Crippen LogP contribution in [0.4, 0.5) is 0 Å². The predicted octanol–water partition coefficient (Wildman–Crippen LogP) is 3.64. The number of nitrogens with two attached hydrogens (primary N) is 1. The molecular weight excluding hydrogens is 262 g/mol. The quantitative estimate of drug-likeness (QED) is 0.935. The molecule has 0 amide bonds. The van der Waals surface area contributed by atoms with E-state index in [0.29, 0.717) is 12.6 Å². The van der Waals surface area contributed by atoms with Crippen LogP contribution >= 0.6 is 0 Å². The van der Waals surface area contributed by atoms with Crippen molar-refractivity contribution in [1.29, 1.82) is 0 Å². The first-order valence-electron chi connectivity index (χ1n) is 7.13. The highest BCUT2D eigenvalue weighted by atomic mass is 16.5. The van der Waals surface area contributed by atoms with Gasteiger partial charge in [-0.15, -0.1) is 0 Å². The lowest BCUT2D eigenvalue weighted by Crippen LogP contribution is -2.13. The van der Waals surface area contributed by atoms with Gasteiger partial charge in [0.25, 0.3) is 0 Å². The molecule has 0 atom stereocenters. The number of aryl methyl sites for hydroxylation is 2. The summed E-state index contributed by atoms with van der Waals surface area (Å²) in [6.07, 6.45) is 0. The maximum absolute atomic E-state index is 5.94. The minimum absolute atomic E-state index is 0.0120. The molecule has 2 aromatic rings. The highest BCUT2D eigenvalue weighted by Crippen LogP contribution is 2.34. The van der Waals surface area contributed by atoms with E-state index in [0.717, 1.165) is 22.7 Å². The second-order valence-corrected chi connectivity index (χ2v) is 6.34. The van der Waals surface area contributed by atoms with Crippen molar-refractivity contribution in [3.05, 3.63) is 46.8 Å². The average molecular weight is 285 g/mol. The molecule has 2 N–H and O–H groups in total. The summed E-state index contributed by atoms with van der Waals surface area (Å²) in [5.74, 6) is 0.793. The van der Waals surface area contributed by atoms with Crippen molar-refractivity contribution in [2.24, 2.45) is 5.73 Å². The van der Waals surface area contributed by atoms with Crippen molar-refractivity contribution in [2.45, 2.75) is 46.6 Å². The Bertz CT molecular complexity index is 645. The summed E-state index contributed by atoms with van der Waals surface area (Å²) in [6.45, 7) is 10.9. The first-order valence-corrected chi connectivity index (χ1v) is 7.13. The molecule has 4 nitrogen and oxygen atoms in total. The van der Waals surface area contributed by atoms with Crippen LogP contribution in [0.1, 0.15) is 43.3 Å². The number of rotatable bonds is 3. The Morgan fingerprint density at radius 1 is 1.10 bits per heavy atom. The van der Waals surface area contributed by atoms with E-state index in [1.807, 2.05) is 25.1 Å². The molecule has 0 spiro atoms. The number of hydrogen-bond acceptors (Lipinski definition) is 4. The topological polar surface area (TPSA) is 61.0 Å². The molecule has 0 saturated carbocycles. The smallest absolute Gasteiger partial charge is 0.322 e. The average Bonchev–Trinajstić information content (AvgIpc) is 2.39. The summed E-state index contributed by atoms with van der Waals surface area (Å²) < 4.78 is 5.94. The van der Waals surface area contributed by atoms with Crippen LogP contribution in [0, 0.1) is 13.8 Å². The van der Waals surface area contributed by atoms with Crippen LogP contribution in [0.15, 0.2) is 24.3 Å². The Kier molecular flexibility index (Phi) is 4.28. The van der Waals surface area contributed by atoms with E-state index >= 15 is 0 Å². The third kappa shape index (κ3) is 3.79. The second-order valence-electron chi connectivity index (χ2n) is 6.34. The number of hydrogen-bond donors (Lipinski definition) is 1. The van der Waals surface area contributed by atoms with E-state index in [1.165, 1.54) is 5.56 Å². The van der Waals surface area contributed by atoms with E-state index < -0.39 is 0 Å². The van der Waals surface area contributed by atoms with Gasteiger partial charge in [0.05, 0.1) is 5.69 Å². The van der Waals surface area contributed by atoms with Gasteiger partial charge < -0.3 is 10.5 Å². The SMILES string of the molecule is Cc1ccc(Oc2nc(C)cc(CN)n2)c(C(C)(C)C)c1. The number of ether oxygens (including phenoxy) is 1. The van der Waals surface area contributed by atoms with Crippen molar-refractivity contribution in [1.82, 2.24) is 9.97 Å². The second kappa shape index (κ2) is 5.82. The molecule has 0 unspecified atom stereocenters. The molecule has 0 aliphatic carbocycles. The minimum Gasteiger partial charge on any atom is -0.424 e. The predicted molar refractivity (Wildman–Crippen MR) is 84.6 cm³/mol. The minimum atomic E-state index is -0.0120. The first-order chi connectivity index (χ1) is 9.79. The van der Waals surface area contributed by atoms with E-state index in [-0.39, 0.29) is 5.41 Å². The molecule has 112 valence electrons. The van der Waals surface area contributed by atoms with E-state index in [1.54, 1.807) is 0 Å². The zero-order valence-electron chi connectivity index (χ0n) is 13.4.